The first-order valence-corrected chi connectivity index (χ1v) is 5.15. The van der Waals surface area contributed by atoms with Gasteiger partial charge in [-0.25, -0.2) is 0 Å². The molecule has 0 fully saturated rings. The van der Waals surface area contributed by atoms with Crippen LogP contribution in [0, 0.1) is 23.7 Å². The predicted octanol–water partition coefficient (Wildman–Crippen LogP) is 3.31. The predicted molar refractivity (Wildman–Crippen MR) is 60.7 cm³/mol. The summed E-state index contributed by atoms with van der Waals surface area (Å²) in [6.45, 7) is 6.46. The highest BCUT2D eigenvalue weighted by Crippen LogP contribution is 2.21. The van der Waals surface area contributed by atoms with E-state index in [1.807, 2.05) is 45.0 Å². The second kappa shape index (κ2) is 4.84. The first-order chi connectivity index (χ1) is 7.05. The average Bonchev–Trinajstić information content (AvgIpc) is 2.21. The van der Waals surface area contributed by atoms with Gasteiger partial charge in [0, 0.05) is 0 Å². The Morgan fingerprint density at radius 2 is 2.00 bits per heavy atom. The third-order valence-electron chi connectivity index (χ3n) is 2.38. The van der Waals surface area contributed by atoms with Crippen molar-refractivity contribution in [3.63, 3.8) is 0 Å². The van der Waals surface area contributed by atoms with Crippen LogP contribution in [0.5, 0.6) is 5.75 Å². The Kier molecular flexibility index (Phi) is 3.74. The number of hydrogen-bond donors (Lipinski definition) is 0. The summed E-state index contributed by atoms with van der Waals surface area (Å²) in [7, 11) is 0. The molecule has 0 amide bonds. The van der Waals surface area contributed by atoms with Gasteiger partial charge in [-0.15, -0.1) is 0 Å². The minimum atomic E-state index is -0.303. The van der Waals surface area contributed by atoms with Crippen LogP contribution in [-0.2, 0) is 0 Å². The molecule has 0 saturated heterocycles. The number of nitriles is 1. The van der Waals surface area contributed by atoms with Gasteiger partial charge in [-0.1, -0.05) is 18.2 Å². The van der Waals surface area contributed by atoms with Gasteiger partial charge >= 0.3 is 0 Å². The summed E-state index contributed by atoms with van der Waals surface area (Å²) in [5.41, 5.74) is 0.829. The van der Waals surface area contributed by atoms with Crippen molar-refractivity contribution in [1.29, 1.82) is 5.26 Å². The van der Waals surface area contributed by atoms with Crippen LogP contribution in [0.3, 0.4) is 0 Å². The van der Waals surface area contributed by atoms with Crippen LogP contribution in [-0.4, -0.2) is 6.61 Å². The van der Waals surface area contributed by atoms with Gasteiger partial charge in [0.25, 0.3) is 0 Å². The van der Waals surface area contributed by atoms with Crippen molar-refractivity contribution in [1.82, 2.24) is 0 Å². The van der Waals surface area contributed by atoms with Gasteiger partial charge < -0.3 is 4.74 Å². The fourth-order valence-electron chi connectivity index (χ4n) is 1.19. The lowest BCUT2D eigenvalue weighted by Crippen LogP contribution is -2.13. The lowest BCUT2D eigenvalue weighted by atomic mass is 9.92. The number of hydrogen-bond acceptors (Lipinski definition) is 2. The topological polar surface area (TPSA) is 33.0 Å². The molecule has 0 spiro atoms. The van der Waals surface area contributed by atoms with Gasteiger partial charge in [0.2, 0.25) is 0 Å². The normalized spacial score (nSPS) is 10.8. The molecule has 2 nitrogen and oxygen atoms in total. The molecule has 0 aliphatic carbocycles. The second-order valence-electron chi connectivity index (χ2n) is 4.36. The molecule has 15 heavy (non-hydrogen) atoms. The van der Waals surface area contributed by atoms with E-state index in [0.29, 0.717) is 6.61 Å². The van der Waals surface area contributed by atoms with Crippen LogP contribution >= 0.6 is 0 Å². The van der Waals surface area contributed by atoms with E-state index in [9.17, 15) is 0 Å². The lowest BCUT2D eigenvalue weighted by Gasteiger charge is -2.15. The molecule has 1 rings (SSSR count). The van der Waals surface area contributed by atoms with Crippen molar-refractivity contribution < 1.29 is 4.74 Å². The molecule has 0 N–H and O–H groups in total. The van der Waals surface area contributed by atoms with Crippen LogP contribution in [0.4, 0.5) is 0 Å². The monoisotopic (exact) mass is 203 g/mol. The van der Waals surface area contributed by atoms with Gasteiger partial charge in [-0.2, -0.15) is 5.26 Å². The summed E-state index contributed by atoms with van der Waals surface area (Å²) < 4.78 is 5.62. The van der Waals surface area contributed by atoms with E-state index >= 15 is 0 Å². The number of ether oxygens (including phenoxy) is 1. The second-order valence-corrected chi connectivity index (χ2v) is 4.36. The maximum atomic E-state index is 8.84. The molecular formula is C13H17NO. The lowest BCUT2D eigenvalue weighted by molar-refractivity contribution is 0.263. The van der Waals surface area contributed by atoms with Crippen LogP contribution < -0.4 is 4.74 Å². The molecular weight excluding hydrogens is 186 g/mol. The molecule has 0 unspecified atom stereocenters. The highest BCUT2D eigenvalue weighted by atomic mass is 16.5. The molecule has 0 radical (unpaired) electrons. The molecule has 80 valence electrons. The molecule has 0 aliphatic rings. The van der Waals surface area contributed by atoms with E-state index in [1.54, 1.807) is 0 Å². The molecule has 0 atom stereocenters. The quantitative estimate of drug-likeness (QED) is 0.752. The maximum absolute atomic E-state index is 8.84. The van der Waals surface area contributed by atoms with Gasteiger partial charge in [0.1, 0.15) is 5.75 Å². The molecule has 0 aliphatic heterocycles. The number of nitrogens with zero attached hydrogens (tertiary/aromatic N) is 1. The Morgan fingerprint density at radius 3 is 2.60 bits per heavy atom. The average molecular weight is 203 g/mol. The fourth-order valence-corrected chi connectivity index (χ4v) is 1.19. The minimum absolute atomic E-state index is 0.303. The molecule has 1 aromatic carbocycles. The first-order valence-electron chi connectivity index (χ1n) is 5.15. The fraction of sp³-hybridized carbons (Fsp3) is 0.462. The zero-order chi connectivity index (χ0) is 11.3. The highest BCUT2D eigenvalue weighted by molar-refractivity contribution is 5.31. The largest absolute Gasteiger partial charge is 0.493 e. The standard InChI is InChI=1S/C13H17NO/c1-11-6-4-5-7-12(11)15-9-8-13(2,3)10-14/h4-7H,8-9H2,1-3H3. The van der Waals surface area contributed by atoms with Crippen molar-refractivity contribution in [2.45, 2.75) is 27.2 Å². The van der Waals surface area contributed by atoms with Gasteiger partial charge in [-0.05, 0) is 38.8 Å². The molecule has 0 heterocycles. The zero-order valence-electron chi connectivity index (χ0n) is 9.58. The van der Waals surface area contributed by atoms with Crippen LogP contribution in [0.2, 0.25) is 0 Å². The summed E-state index contributed by atoms with van der Waals surface area (Å²) in [6, 6.07) is 10.2. The Labute approximate surface area is 91.5 Å². The molecule has 0 bridgehead atoms. The van der Waals surface area contributed by atoms with E-state index in [1.165, 1.54) is 0 Å². The zero-order valence-corrected chi connectivity index (χ0v) is 9.58. The molecule has 2 heteroatoms. The Hall–Kier alpha value is -1.49. The summed E-state index contributed by atoms with van der Waals surface area (Å²) in [4.78, 5) is 0. The van der Waals surface area contributed by atoms with Crippen molar-refractivity contribution in [2.75, 3.05) is 6.61 Å². The van der Waals surface area contributed by atoms with E-state index in [0.717, 1.165) is 17.7 Å². The van der Waals surface area contributed by atoms with Gasteiger partial charge in [0.15, 0.2) is 0 Å². The van der Waals surface area contributed by atoms with E-state index in [2.05, 4.69) is 6.07 Å². The van der Waals surface area contributed by atoms with Crippen molar-refractivity contribution >= 4 is 0 Å². The van der Waals surface area contributed by atoms with Gasteiger partial charge in [-0.3, -0.25) is 0 Å². The Balaban J connectivity index is 2.46. The number of rotatable bonds is 4. The Bertz CT molecular complexity index is 363. The van der Waals surface area contributed by atoms with Crippen LogP contribution in [0.25, 0.3) is 0 Å². The summed E-state index contributed by atoms with van der Waals surface area (Å²) >= 11 is 0. The minimum Gasteiger partial charge on any atom is -0.493 e. The van der Waals surface area contributed by atoms with Crippen molar-refractivity contribution in [3.05, 3.63) is 29.8 Å². The molecule has 0 saturated carbocycles. The summed E-state index contributed by atoms with van der Waals surface area (Å²) in [5, 5.41) is 8.84. The highest BCUT2D eigenvalue weighted by Gasteiger charge is 2.16. The summed E-state index contributed by atoms with van der Waals surface area (Å²) in [6.07, 6.45) is 0.748. The third kappa shape index (κ3) is 3.63. The third-order valence-corrected chi connectivity index (χ3v) is 2.38. The van der Waals surface area contributed by atoms with Crippen molar-refractivity contribution in [3.8, 4) is 11.8 Å². The first kappa shape index (κ1) is 11.6. The Morgan fingerprint density at radius 1 is 1.33 bits per heavy atom. The van der Waals surface area contributed by atoms with Crippen molar-refractivity contribution in [2.24, 2.45) is 5.41 Å². The number of benzene rings is 1. The van der Waals surface area contributed by atoms with Crippen LogP contribution in [0.1, 0.15) is 25.8 Å². The maximum Gasteiger partial charge on any atom is 0.122 e. The van der Waals surface area contributed by atoms with Crippen LogP contribution in [0.15, 0.2) is 24.3 Å². The van der Waals surface area contributed by atoms with Gasteiger partial charge in [0.05, 0.1) is 18.1 Å². The van der Waals surface area contributed by atoms with E-state index in [-0.39, 0.29) is 5.41 Å². The number of aryl methyl sites for hydroxylation is 1. The molecule has 1 aromatic rings. The molecule has 0 aromatic heterocycles. The summed E-state index contributed by atoms with van der Waals surface area (Å²) in [5.74, 6) is 0.909. The SMILES string of the molecule is Cc1ccccc1OCCC(C)(C)C#N. The van der Waals surface area contributed by atoms with E-state index < -0.39 is 0 Å². The number of para-hydroxylation sites is 1. The smallest absolute Gasteiger partial charge is 0.122 e. The van der Waals surface area contributed by atoms with E-state index in [4.69, 9.17) is 10.00 Å².